The molecular weight excluding hydrogens is 638 g/mol. The Morgan fingerprint density at radius 1 is 0.571 bits per heavy atom. The minimum Gasteiger partial charge on any atom is -0.309 e. The smallest absolute Gasteiger partial charge is 0.309 e. The van der Waals surface area contributed by atoms with Gasteiger partial charge in [-0.05, 0) is 60.5 Å². The van der Waals surface area contributed by atoms with Crippen LogP contribution < -0.4 is 0 Å². The molecule has 4 nitrogen and oxygen atoms in total. The van der Waals surface area contributed by atoms with E-state index >= 15 is 0 Å². The summed E-state index contributed by atoms with van der Waals surface area (Å²) >= 11 is 0. The van der Waals surface area contributed by atoms with Crippen molar-refractivity contribution in [2.24, 2.45) is 0 Å². The highest BCUT2D eigenvalue weighted by molar-refractivity contribution is 6.10. The molecule has 0 aliphatic heterocycles. The molecule has 244 valence electrons. The van der Waals surface area contributed by atoms with E-state index in [0.717, 1.165) is 29.3 Å². The van der Waals surface area contributed by atoms with Gasteiger partial charge in [0.2, 0.25) is 0 Å². The van der Waals surface area contributed by atoms with Crippen LogP contribution in [0.1, 0.15) is 30.0 Å². The Kier molecular flexibility index (Phi) is 8.02. The minimum absolute atomic E-state index is 0.0607. The van der Waals surface area contributed by atoms with Crippen molar-refractivity contribution in [3.8, 4) is 39.9 Å². The summed E-state index contributed by atoms with van der Waals surface area (Å²) in [7, 11) is 0. The van der Waals surface area contributed by atoms with Gasteiger partial charge in [0.25, 0.3) is 0 Å². The summed E-state index contributed by atoms with van der Waals surface area (Å²) in [6, 6.07) is 31.1. The molecule has 0 spiro atoms. The normalized spacial score (nSPS) is 12.4. The van der Waals surface area contributed by atoms with E-state index in [9.17, 15) is 26.3 Å². The maximum Gasteiger partial charge on any atom is 0.417 e. The highest BCUT2D eigenvalue weighted by Gasteiger charge is 2.35. The van der Waals surface area contributed by atoms with Gasteiger partial charge in [-0.3, -0.25) is 0 Å². The third kappa shape index (κ3) is 6.17. The van der Waals surface area contributed by atoms with E-state index < -0.39 is 23.5 Å². The molecule has 2 heterocycles. The predicted molar refractivity (Wildman–Crippen MR) is 180 cm³/mol. The second-order valence-electron chi connectivity index (χ2n) is 11.4. The molecule has 0 aliphatic rings. The molecule has 7 aromatic rings. The first kappa shape index (κ1) is 31.8. The van der Waals surface area contributed by atoms with E-state index in [-0.39, 0.29) is 16.6 Å². The van der Waals surface area contributed by atoms with E-state index in [1.54, 1.807) is 37.3 Å². The van der Waals surface area contributed by atoms with E-state index in [1.807, 2.05) is 60.7 Å². The van der Waals surface area contributed by atoms with Crippen LogP contribution in [0.3, 0.4) is 0 Å². The van der Waals surface area contributed by atoms with Gasteiger partial charge in [0.15, 0.2) is 17.5 Å². The Hall–Kier alpha value is -5.77. The Balaban J connectivity index is 1.43. The molecule has 0 atom stereocenters. The van der Waals surface area contributed by atoms with Crippen molar-refractivity contribution in [2.45, 2.75) is 25.7 Å². The van der Waals surface area contributed by atoms with Gasteiger partial charge in [0.05, 0.1) is 22.2 Å². The average Bonchev–Trinajstić information content (AvgIpc) is 3.43. The fourth-order valence-corrected chi connectivity index (χ4v) is 5.86. The van der Waals surface area contributed by atoms with Crippen LogP contribution in [-0.2, 0) is 12.4 Å². The number of halogens is 6. The lowest BCUT2D eigenvalue weighted by atomic mass is 10.0. The van der Waals surface area contributed by atoms with Crippen LogP contribution in [0.4, 0.5) is 26.3 Å². The Bertz CT molecular complexity index is 2270. The molecule has 5 aromatic carbocycles. The van der Waals surface area contributed by atoms with Crippen molar-refractivity contribution in [3.63, 3.8) is 0 Å². The number of rotatable bonds is 6. The second-order valence-corrected chi connectivity index (χ2v) is 11.4. The molecular formula is C39H26F6N4. The Labute approximate surface area is 277 Å². The van der Waals surface area contributed by atoms with Gasteiger partial charge in [-0.1, -0.05) is 85.8 Å². The molecule has 0 unspecified atom stereocenters. The van der Waals surface area contributed by atoms with Crippen LogP contribution in [0.25, 0.3) is 67.7 Å². The van der Waals surface area contributed by atoms with Crippen molar-refractivity contribution in [3.05, 3.63) is 138 Å². The highest BCUT2D eigenvalue weighted by atomic mass is 19.4. The third-order valence-corrected chi connectivity index (χ3v) is 8.19. The first-order valence-corrected chi connectivity index (χ1v) is 15.4. The largest absolute Gasteiger partial charge is 0.417 e. The van der Waals surface area contributed by atoms with E-state index in [2.05, 4.69) is 0 Å². The predicted octanol–water partition coefficient (Wildman–Crippen LogP) is 11.4. The first-order chi connectivity index (χ1) is 23.5. The van der Waals surface area contributed by atoms with Crippen molar-refractivity contribution >= 4 is 27.9 Å². The van der Waals surface area contributed by atoms with Crippen LogP contribution in [-0.4, -0.2) is 19.5 Å². The maximum atomic E-state index is 14.4. The average molecular weight is 665 g/mol. The van der Waals surface area contributed by atoms with Gasteiger partial charge in [-0.15, -0.1) is 0 Å². The summed E-state index contributed by atoms with van der Waals surface area (Å²) in [4.78, 5) is 14.1. The number of hydrogen-bond acceptors (Lipinski definition) is 3. The Morgan fingerprint density at radius 3 is 1.61 bits per heavy atom. The quantitative estimate of drug-likeness (QED) is 0.166. The zero-order valence-corrected chi connectivity index (χ0v) is 25.9. The highest BCUT2D eigenvalue weighted by Crippen LogP contribution is 2.42. The van der Waals surface area contributed by atoms with Crippen molar-refractivity contribution in [1.29, 1.82) is 0 Å². The monoisotopic (exact) mass is 664 g/mol. The number of fused-ring (bicyclic) bond motifs is 3. The molecule has 0 bridgehead atoms. The summed E-state index contributed by atoms with van der Waals surface area (Å²) in [5, 5.41) is 0.790. The van der Waals surface area contributed by atoms with E-state index in [4.69, 9.17) is 15.0 Å². The minimum atomic E-state index is -4.70. The van der Waals surface area contributed by atoms with Crippen molar-refractivity contribution in [2.75, 3.05) is 0 Å². The standard InChI is InChI=1S/C39H26F6N4/c1-2-3-10-27-21-31-30-20-17-28(38(40,41)42)22-33(30)49(34(31)23-32(27)39(43,44)45)29-18-15-26(16-19-29)37-47-35(24-11-6-4-7-12-24)46-36(48-37)25-13-8-5-9-14-25/h3-23H,2H2,1H3/b10-3+. The molecule has 7 rings (SSSR count). The molecule has 0 N–H and O–H groups in total. The first-order valence-electron chi connectivity index (χ1n) is 15.4. The third-order valence-electron chi connectivity index (χ3n) is 8.19. The molecule has 0 fully saturated rings. The lowest BCUT2D eigenvalue weighted by Crippen LogP contribution is -2.08. The number of allylic oxidation sites excluding steroid dienone is 1. The van der Waals surface area contributed by atoms with Gasteiger partial charge in [-0.2, -0.15) is 26.3 Å². The number of nitrogens with zero attached hydrogens (tertiary/aromatic N) is 4. The number of hydrogen-bond donors (Lipinski definition) is 0. The summed E-state index contributed by atoms with van der Waals surface area (Å²) in [5.41, 5.74) is 0.909. The summed E-state index contributed by atoms with van der Waals surface area (Å²) in [5.74, 6) is 1.25. The molecule has 0 saturated heterocycles. The Morgan fingerprint density at radius 2 is 1.10 bits per heavy atom. The molecule has 0 aliphatic carbocycles. The lowest BCUT2D eigenvalue weighted by Gasteiger charge is -2.14. The number of alkyl halides is 6. The van der Waals surface area contributed by atoms with Gasteiger partial charge in [0.1, 0.15) is 0 Å². The van der Waals surface area contributed by atoms with Crippen LogP contribution in [0.15, 0.2) is 121 Å². The number of aromatic nitrogens is 4. The molecule has 2 aromatic heterocycles. The van der Waals surface area contributed by atoms with Gasteiger partial charge in [-0.25, -0.2) is 15.0 Å². The molecule has 0 amide bonds. The van der Waals surface area contributed by atoms with Crippen LogP contribution in [0.5, 0.6) is 0 Å². The van der Waals surface area contributed by atoms with Crippen LogP contribution in [0.2, 0.25) is 0 Å². The molecule has 0 saturated carbocycles. The molecule has 10 heteroatoms. The zero-order chi connectivity index (χ0) is 34.3. The topological polar surface area (TPSA) is 43.6 Å². The van der Waals surface area contributed by atoms with E-state index in [1.165, 1.54) is 22.8 Å². The summed E-state index contributed by atoms with van der Waals surface area (Å²) < 4.78 is 86.2. The molecule has 49 heavy (non-hydrogen) atoms. The van der Waals surface area contributed by atoms with Gasteiger partial charge < -0.3 is 4.57 Å². The summed E-state index contributed by atoms with van der Waals surface area (Å²) in [6.07, 6.45) is -5.83. The second kappa shape index (κ2) is 12.4. The SMILES string of the molecule is CC/C=C/c1cc2c3ccc(C(F)(F)F)cc3n(-c3ccc(-c4nc(-c5ccccc5)nc(-c5ccccc5)n4)cc3)c2cc1C(F)(F)F. The maximum absolute atomic E-state index is 14.4. The van der Waals surface area contributed by atoms with Crippen molar-refractivity contribution < 1.29 is 26.3 Å². The van der Waals surface area contributed by atoms with Gasteiger partial charge >= 0.3 is 12.4 Å². The number of benzene rings is 5. The summed E-state index contributed by atoms with van der Waals surface area (Å²) in [6.45, 7) is 1.80. The zero-order valence-electron chi connectivity index (χ0n) is 25.9. The molecule has 0 radical (unpaired) electrons. The fraction of sp³-hybridized carbons (Fsp3) is 0.103. The van der Waals surface area contributed by atoms with E-state index in [0.29, 0.717) is 45.9 Å². The van der Waals surface area contributed by atoms with Crippen LogP contribution >= 0.6 is 0 Å². The van der Waals surface area contributed by atoms with Crippen LogP contribution in [0, 0.1) is 0 Å². The lowest BCUT2D eigenvalue weighted by molar-refractivity contribution is -0.138. The fourth-order valence-electron chi connectivity index (χ4n) is 5.86. The van der Waals surface area contributed by atoms with Crippen molar-refractivity contribution in [1.82, 2.24) is 19.5 Å². The van der Waals surface area contributed by atoms with Gasteiger partial charge in [0, 0.05) is 33.2 Å².